The molecule has 0 saturated heterocycles. The molecule has 0 aliphatic heterocycles. The summed E-state index contributed by atoms with van der Waals surface area (Å²) in [6.07, 6.45) is 0. The minimum Gasteiger partial charge on any atom is -0.507 e. The van der Waals surface area contributed by atoms with E-state index in [4.69, 9.17) is 25.6 Å². The average molecular weight is 440 g/mol. The Morgan fingerprint density at radius 2 is 1.87 bits per heavy atom. The second kappa shape index (κ2) is 8.70. The van der Waals surface area contributed by atoms with Crippen molar-refractivity contribution in [3.8, 4) is 39.7 Å². The summed E-state index contributed by atoms with van der Waals surface area (Å²) in [5.41, 5.74) is 2.87. The zero-order chi connectivity index (χ0) is 22.0. The maximum Gasteiger partial charge on any atom is 0.178 e. The van der Waals surface area contributed by atoms with Crippen LogP contribution in [0.1, 0.15) is 11.3 Å². The summed E-state index contributed by atoms with van der Waals surface area (Å²) >= 11 is 6.04. The number of aryl methyl sites for hydroxylation is 1. The van der Waals surface area contributed by atoms with Crippen molar-refractivity contribution in [2.24, 2.45) is 0 Å². The fourth-order valence-corrected chi connectivity index (χ4v) is 3.56. The molecule has 0 aliphatic carbocycles. The van der Waals surface area contributed by atoms with E-state index < -0.39 is 5.82 Å². The lowest BCUT2D eigenvalue weighted by Gasteiger charge is -2.11. The number of nitrogens with zero attached hydrogens (tertiary/aromatic N) is 1. The molecule has 0 bridgehead atoms. The first-order valence-corrected chi connectivity index (χ1v) is 9.86. The maximum atomic E-state index is 13.9. The van der Waals surface area contributed by atoms with Gasteiger partial charge in [-0.25, -0.2) is 4.39 Å². The smallest absolute Gasteiger partial charge is 0.178 e. The van der Waals surface area contributed by atoms with Crippen LogP contribution in [0.15, 0.2) is 65.2 Å². The van der Waals surface area contributed by atoms with E-state index in [1.165, 1.54) is 18.2 Å². The van der Waals surface area contributed by atoms with Gasteiger partial charge < -0.3 is 19.1 Å². The van der Waals surface area contributed by atoms with Crippen LogP contribution in [0.25, 0.3) is 22.5 Å². The molecule has 0 unspecified atom stereocenters. The molecule has 1 heterocycles. The van der Waals surface area contributed by atoms with Crippen LogP contribution >= 0.6 is 11.6 Å². The van der Waals surface area contributed by atoms with Crippen LogP contribution in [0.3, 0.4) is 0 Å². The number of benzene rings is 3. The third-order valence-corrected chi connectivity index (χ3v) is 5.25. The van der Waals surface area contributed by atoms with E-state index in [1.807, 2.05) is 31.2 Å². The first kappa shape index (κ1) is 20.8. The normalized spacial score (nSPS) is 10.8. The number of hydrogen-bond acceptors (Lipinski definition) is 5. The van der Waals surface area contributed by atoms with E-state index in [0.717, 1.165) is 11.1 Å². The van der Waals surface area contributed by atoms with Crippen LogP contribution in [-0.2, 0) is 6.61 Å². The van der Waals surface area contributed by atoms with Crippen LogP contribution in [0.5, 0.6) is 17.2 Å². The number of phenols is 1. The Balaban J connectivity index is 1.66. The standard InChI is InChI=1S/C24H19ClFNO4/c1-14-23(17-6-3-4-9-22(17)29-2)24(31-27-14)16-11-10-15(12-21(16)28)30-13-18-19(25)7-5-8-20(18)26/h3-12,28H,13H2,1-2H3. The van der Waals surface area contributed by atoms with E-state index in [1.54, 1.807) is 25.3 Å². The Kier molecular flexibility index (Phi) is 5.82. The third kappa shape index (κ3) is 4.07. The number of methoxy groups -OCH3 is 1. The summed E-state index contributed by atoms with van der Waals surface area (Å²) in [5.74, 6) is 0.909. The molecule has 7 heteroatoms. The first-order chi connectivity index (χ1) is 15.0. The maximum absolute atomic E-state index is 13.9. The average Bonchev–Trinajstić information content (AvgIpc) is 3.14. The summed E-state index contributed by atoms with van der Waals surface area (Å²) in [6.45, 7) is 1.75. The van der Waals surface area contributed by atoms with Crippen molar-refractivity contribution in [1.82, 2.24) is 5.16 Å². The largest absolute Gasteiger partial charge is 0.507 e. The van der Waals surface area contributed by atoms with Crippen molar-refractivity contribution < 1.29 is 23.5 Å². The van der Waals surface area contributed by atoms with Crippen molar-refractivity contribution in [2.45, 2.75) is 13.5 Å². The molecule has 3 aromatic carbocycles. The molecule has 4 rings (SSSR count). The van der Waals surface area contributed by atoms with Crippen LogP contribution in [0, 0.1) is 12.7 Å². The van der Waals surface area contributed by atoms with Gasteiger partial charge in [0.15, 0.2) is 5.76 Å². The van der Waals surface area contributed by atoms with Crippen LogP contribution in [-0.4, -0.2) is 17.4 Å². The second-order valence-electron chi connectivity index (χ2n) is 6.84. The minimum atomic E-state index is -0.452. The Morgan fingerprint density at radius 3 is 2.61 bits per heavy atom. The van der Waals surface area contributed by atoms with Crippen LogP contribution in [0.4, 0.5) is 4.39 Å². The molecule has 0 amide bonds. The fourth-order valence-electron chi connectivity index (χ4n) is 3.34. The number of para-hydroxylation sites is 1. The highest BCUT2D eigenvalue weighted by atomic mass is 35.5. The van der Waals surface area contributed by atoms with E-state index in [2.05, 4.69) is 5.16 Å². The fraction of sp³-hybridized carbons (Fsp3) is 0.125. The molecule has 0 atom stereocenters. The Hall–Kier alpha value is -3.51. The van der Waals surface area contributed by atoms with Gasteiger partial charge in [-0.1, -0.05) is 41.0 Å². The van der Waals surface area contributed by atoms with Crippen molar-refractivity contribution in [1.29, 1.82) is 0 Å². The molecule has 0 spiro atoms. The van der Waals surface area contributed by atoms with Gasteiger partial charge >= 0.3 is 0 Å². The molecular weight excluding hydrogens is 421 g/mol. The topological polar surface area (TPSA) is 64.7 Å². The van der Waals surface area contributed by atoms with E-state index in [9.17, 15) is 9.50 Å². The van der Waals surface area contributed by atoms with Crippen LogP contribution < -0.4 is 9.47 Å². The number of rotatable bonds is 6. The molecule has 1 aromatic heterocycles. The third-order valence-electron chi connectivity index (χ3n) is 4.90. The van der Waals surface area contributed by atoms with Gasteiger partial charge in [-0.3, -0.25) is 0 Å². The summed E-state index contributed by atoms with van der Waals surface area (Å²) in [6, 6.07) is 16.7. The van der Waals surface area contributed by atoms with Gasteiger partial charge in [-0.2, -0.15) is 0 Å². The number of ether oxygens (including phenoxy) is 2. The van der Waals surface area contributed by atoms with Gasteiger partial charge in [-0.05, 0) is 37.3 Å². The summed E-state index contributed by atoms with van der Waals surface area (Å²) < 4.78 is 30.6. The molecule has 31 heavy (non-hydrogen) atoms. The van der Waals surface area contributed by atoms with E-state index in [-0.39, 0.29) is 22.9 Å². The van der Waals surface area contributed by atoms with Gasteiger partial charge in [0.25, 0.3) is 0 Å². The number of phenolic OH excluding ortho intramolecular Hbond substituents is 1. The highest BCUT2D eigenvalue weighted by Gasteiger charge is 2.22. The van der Waals surface area contributed by atoms with E-state index in [0.29, 0.717) is 28.5 Å². The SMILES string of the molecule is COc1ccccc1-c1c(C)noc1-c1ccc(OCc2c(F)cccc2Cl)cc1O. The van der Waals surface area contributed by atoms with Gasteiger partial charge in [-0.15, -0.1) is 0 Å². The second-order valence-corrected chi connectivity index (χ2v) is 7.25. The molecule has 0 aliphatic rings. The molecule has 0 saturated carbocycles. The Bertz CT molecular complexity index is 1220. The lowest BCUT2D eigenvalue weighted by atomic mass is 9.98. The summed E-state index contributed by atoms with van der Waals surface area (Å²) in [7, 11) is 1.59. The quantitative estimate of drug-likeness (QED) is 0.376. The Labute approximate surface area is 183 Å². The number of aromatic hydroxyl groups is 1. The van der Waals surface area contributed by atoms with Gasteiger partial charge in [0.05, 0.1) is 29.0 Å². The predicted octanol–water partition coefficient (Wildman–Crippen LogP) is 6.40. The van der Waals surface area contributed by atoms with Crippen molar-refractivity contribution >= 4 is 11.6 Å². The zero-order valence-electron chi connectivity index (χ0n) is 16.9. The lowest BCUT2D eigenvalue weighted by molar-refractivity contribution is 0.298. The van der Waals surface area contributed by atoms with E-state index >= 15 is 0 Å². The summed E-state index contributed by atoms with van der Waals surface area (Å²) in [5, 5.41) is 15.0. The van der Waals surface area contributed by atoms with Gasteiger partial charge in [0.2, 0.25) is 0 Å². The van der Waals surface area contributed by atoms with Crippen molar-refractivity contribution in [2.75, 3.05) is 7.11 Å². The number of hydrogen-bond donors (Lipinski definition) is 1. The van der Waals surface area contributed by atoms with Gasteiger partial charge in [0.1, 0.15) is 29.7 Å². The van der Waals surface area contributed by atoms with Crippen molar-refractivity contribution in [3.63, 3.8) is 0 Å². The van der Waals surface area contributed by atoms with Gasteiger partial charge in [0, 0.05) is 17.2 Å². The lowest BCUT2D eigenvalue weighted by Crippen LogP contribution is -1.99. The predicted molar refractivity (Wildman–Crippen MR) is 116 cm³/mol. The highest BCUT2D eigenvalue weighted by molar-refractivity contribution is 6.31. The molecule has 158 valence electrons. The number of halogens is 2. The zero-order valence-corrected chi connectivity index (χ0v) is 17.6. The Morgan fingerprint density at radius 1 is 1.06 bits per heavy atom. The molecule has 4 aromatic rings. The molecule has 0 fully saturated rings. The number of aromatic nitrogens is 1. The molecule has 1 N–H and O–H groups in total. The first-order valence-electron chi connectivity index (χ1n) is 9.48. The molecule has 5 nitrogen and oxygen atoms in total. The minimum absolute atomic E-state index is 0.0653. The van der Waals surface area contributed by atoms with Crippen LogP contribution in [0.2, 0.25) is 5.02 Å². The molecule has 0 radical (unpaired) electrons. The molecular formula is C24H19ClFNO4. The monoisotopic (exact) mass is 439 g/mol. The van der Waals surface area contributed by atoms with Crippen molar-refractivity contribution in [3.05, 3.63) is 82.8 Å². The summed E-state index contributed by atoms with van der Waals surface area (Å²) in [4.78, 5) is 0. The highest BCUT2D eigenvalue weighted by Crippen LogP contribution is 2.43.